The highest BCUT2D eigenvalue weighted by Gasteiger charge is 2.08. The van der Waals surface area contributed by atoms with Gasteiger partial charge in [-0.1, -0.05) is 48.5 Å². The molecule has 0 heterocycles. The van der Waals surface area contributed by atoms with E-state index in [0.29, 0.717) is 0 Å². The second-order valence-electron chi connectivity index (χ2n) is 4.94. The highest BCUT2D eigenvalue weighted by Crippen LogP contribution is 2.30. The number of rotatable bonds is 3. The predicted molar refractivity (Wildman–Crippen MR) is 83.1 cm³/mol. The maximum atomic E-state index is 6.00. The number of ether oxygens (including phenoxy) is 1. The first-order valence-electron chi connectivity index (χ1n) is 6.75. The number of hydrogen-bond donors (Lipinski definition) is 1. The van der Waals surface area contributed by atoms with E-state index in [4.69, 9.17) is 10.5 Å². The largest absolute Gasteiger partial charge is 0.457 e. The smallest absolute Gasteiger partial charge is 0.132 e. The molecule has 0 aromatic heterocycles. The fraction of sp³-hybridized carbons (Fsp3) is 0.111. The Bertz CT molecular complexity index is 734. The molecule has 0 radical (unpaired) electrons. The van der Waals surface area contributed by atoms with E-state index in [1.807, 2.05) is 55.5 Å². The molecule has 1 atom stereocenters. The van der Waals surface area contributed by atoms with Crippen molar-refractivity contribution in [3.63, 3.8) is 0 Å². The van der Waals surface area contributed by atoms with Crippen LogP contribution in [0.3, 0.4) is 0 Å². The fourth-order valence-corrected chi connectivity index (χ4v) is 2.31. The van der Waals surface area contributed by atoms with Gasteiger partial charge in [0, 0.05) is 11.6 Å². The summed E-state index contributed by atoms with van der Waals surface area (Å²) in [7, 11) is 0. The van der Waals surface area contributed by atoms with Gasteiger partial charge >= 0.3 is 0 Å². The van der Waals surface area contributed by atoms with E-state index in [0.717, 1.165) is 17.1 Å². The lowest BCUT2D eigenvalue weighted by atomic mass is 10.1. The Balaban J connectivity index is 1.97. The zero-order chi connectivity index (χ0) is 13.9. The van der Waals surface area contributed by atoms with Crippen LogP contribution in [0.2, 0.25) is 0 Å². The minimum atomic E-state index is -0.0494. The van der Waals surface area contributed by atoms with Crippen molar-refractivity contribution < 1.29 is 4.74 Å². The first kappa shape index (κ1) is 12.7. The highest BCUT2D eigenvalue weighted by atomic mass is 16.5. The van der Waals surface area contributed by atoms with Crippen LogP contribution in [0, 0.1) is 0 Å². The van der Waals surface area contributed by atoms with E-state index < -0.39 is 0 Å². The minimum absolute atomic E-state index is 0.0494. The van der Waals surface area contributed by atoms with Gasteiger partial charge in [0.25, 0.3) is 0 Å². The van der Waals surface area contributed by atoms with Gasteiger partial charge in [0.05, 0.1) is 0 Å². The van der Waals surface area contributed by atoms with Gasteiger partial charge in [-0.15, -0.1) is 0 Å². The van der Waals surface area contributed by atoms with E-state index in [1.54, 1.807) is 0 Å². The Morgan fingerprint density at radius 1 is 0.850 bits per heavy atom. The second-order valence-corrected chi connectivity index (χ2v) is 4.94. The molecular formula is C18H17NO. The molecule has 0 saturated carbocycles. The summed E-state index contributed by atoms with van der Waals surface area (Å²) in [6, 6.07) is 22.2. The molecule has 1 unspecified atom stereocenters. The van der Waals surface area contributed by atoms with Crippen molar-refractivity contribution in [2.24, 2.45) is 5.73 Å². The van der Waals surface area contributed by atoms with Crippen LogP contribution in [0.5, 0.6) is 11.5 Å². The van der Waals surface area contributed by atoms with Crippen LogP contribution in [-0.4, -0.2) is 0 Å². The van der Waals surface area contributed by atoms with Gasteiger partial charge in [-0.3, -0.25) is 0 Å². The lowest BCUT2D eigenvalue weighted by Crippen LogP contribution is -2.06. The number of nitrogens with two attached hydrogens (primary N) is 1. The van der Waals surface area contributed by atoms with Crippen molar-refractivity contribution in [1.29, 1.82) is 0 Å². The third kappa shape index (κ3) is 2.51. The van der Waals surface area contributed by atoms with Gasteiger partial charge in [-0.05, 0) is 35.9 Å². The summed E-state index contributed by atoms with van der Waals surface area (Å²) in [4.78, 5) is 0. The molecule has 3 aromatic rings. The molecule has 2 N–H and O–H groups in total. The van der Waals surface area contributed by atoms with Crippen molar-refractivity contribution in [2.45, 2.75) is 13.0 Å². The molecule has 0 aliphatic rings. The summed E-state index contributed by atoms with van der Waals surface area (Å²) in [6.07, 6.45) is 0. The molecule has 0 aliphatic heterocycles. The monoisotopic (exact) mass is 263 g/mol. The van der Waals surface area contributed by atoms with E-state index in [2.05, 4.69) is 18.2 Å². The maximum Gasteiger partial charge on any atom is 0.132 e. The molecule has 2 nitrogen and oxygen atoms in total. The van der Waals surface area contributed by atoms with Crippen molar-refractivity contribution >= 4 is 10.8 Å². The Morgan fingerprint density at radius 2 is 1.55 bits per heavy atom. The van der Waals surface area contributed by atoms with Gasteiger partial charge in [-0.25, -0.2) is 0 Å². The summed E-state index contributed by atoms with van der Waals surface area (Å²) >= 11 is 0. The van der Waals surface area contributed by atoms with Crippen LogP contribution in [0.15, 0.2) is 66.7 Å². The molecule has 0 aliphatic carbocycles. The van der Waals surface area contributed by atoms with Crippen LogP contribution >= 0.6 is 0 Å². The molecule has 0 spiro atoms. The lowest BCUT2D eigenvalue weighted by molar-refractivity contribution is 0.473. The maximum absolute atomic E-state index is 6.00. The van der Waals surface area contributed by atoms with E-state index in [1.165, 1.54) is 10.8 Å². The summed E-state index contributed by atoms with van der Waals surface area (Å²) in [5.41, 5.74) is 6.99. The highest BCUT2D eigenvalue weighted by molar-refractivity contribution is 5.83. The van der Waals surface area contributed by atoms with Gasteiger partial charge in [0.15, 0.2) is 0 Å². The van der Waals surface area contributed by atoms with Crippen LogP contribution in [0.4, 0.5) is 0 Å². The van der Waals surface area contributed by atoms with Crippen LogP contribution < -0.4 is 10.5 Å². The normalized spacial score (nSPS) is 12.3. The second kappa shape index (κ2) is 5.35. The zero-order valence-corrected chi connectivity index (χ0v) is 11.4. The van der Waals surface area contributed by atoms with E-state index in [9.17, 15) is 0 Å². The average molecular weight is 263 g/mol. The number of benzene rings is 3. The van der Waals surface area contributed by atoms with Crippen LogP contribution in [0.1, 0.15) is 18.5 Å². The van der Waals surface area contributed by atoms with Crippen LogP contribution in [0.25, 0.3) is 10.8 Å². The van der Waals surface area contributed by atoms with Gasteiger partial charge in [0.1, 0.15) is 11.5 Å². The lowest BCUT2D eigenvalue weighted by Gasteiger charge is -2.13. The van der Waals surface area contributed by atoms with Crippen molar-refractivity contribution in [3.8, 4) is 11.5 Å². The quantitative estimate of drug-likeness (QED) is 0.746. The Morgan fingerprint density at radius 3 is 2.35 bits per heavy atom. The Hall–Kier alpha value is -2.32. The average Bonchev–Trinajstić information content (AvgIpc) is 2.47. The number of fused-ring (bicyclic) bond motifs is 1. The summed E-state index contributed by atoms with van der Waals surface area (Å²) in [5, 5.41) is 2.38. The first-order chi connectivity index (χ1) is 9.74. The van der Waals surface area contributed by atoms with Crippen molar-refractivity contribution in [2.75, 3.05) is 0 Å². The summed E-state index contributed by atoms with van der Waals surface area (Å²) in [5.74, 6) is 1.65. The molecule has 20 heavy (non-hydrogen) atoms. The van der Waals surface area contributed by atoms with E-state index in [-0.39, 0.29) is 6.04 Å². The topological polar surface area (TPSA) is 35.2 Å². The van der Waals surface area contributed by atoms with Crippen LogP contribution in [-0.2, 0) is 0 Å². The first-order valence-corrected chi connectivity index (χ1v) is 6.75. The van der Waals surface area contributed by atoms with Crippen molar-refractivity contribution in [1.82, 2.24) is 0 Å². The van der Waals surface area contributed by atoms with Crippen molar-refractivity contribution in [3.05, 3.63) is 72.3 Å². The molecule has 2 heteroatoms. The van der Waals surface area contributed by atoms with Gasteiger partial charge in [0.2, 0.25) is 0 Å². The number of para-hydroxylation sites is 1. The molecule has 0 bridgehead atoms. The molecule has 0 fully saturated rings. The zero-order valence-electron chi connectivity index (χ0n) is 11.4. The van der Waals surface area contributed by atoms with E-state index >= 15 is 0 Å². The molecule has 3 aromatic carbocycles. The third-order valence-corrected chi connectivity index (χ3v) is 3.36. The predicted octanol–water partition coefficient (Wildman–Crippen LogP) is 4.65. The molecule has 0 saturated heterocycles. The standard InChI is InChI=1S/C18H17NO/c1-13(19)17-8-4-5-9-18(17)20-16-11-10-14-6-2-3-7-15(14)12-16/h2-13H,19H2,1H3. The molecule has 100 valence electrons. The third-order valence-electron chi connectivity index (χ3n) is 3.36. The molecular weight excluding hydrogens is 246 g/mol. The minimum Gasteiger partial charge on any atom is -0.457 e. The Kier molecular flexibility index (Phi) is 3.40. The summed E-state index contributed by atoms with van der Waals surface area (Å²) in [6.45, 7) is 1.96. The number of hydrogen-bond acceptors (Lipinski definition) is 2. The molecule has 0 amide bonds. The van der Waals surface area contributed by atoms with Gasteiger partial charge in [-0.2, -0.15) is 0 Å². The summed E-state index contributed by atoms with van der Waals surface area (Å²) < 4.78 is 6.00. The Labute approximate surface area is 118 Å². The molecule has 3 rings (SSSR count). The SMILES string of the molecule is CC(N)c1ccccc1Oc1ccc2ccccc2c1. The fourth-order valence-electron chi connectivity index (χ4n) is 2.31. The van der Waals surface area contributed by atoms with Gasteiger partial charge < -0.3 is 10.5 Å².